The highest BCUT2D eigenvalue weighted by Gasteiger charge is 2.17. The molecule has 0 spiro atoms. The third-order valence-corrected chi connectivity index (χ3v) is 3.50. The van der Waals surface area contributed by atoms with Gasteiger partial charge in [0.15, 0.2) is 5.82 Å². The summed E-state index contributed by atoms with van der Waals surface area (Å²) in [6, 6.07) is -0.0796. The molecule has 1 aromatic heterocycles. The summed E-state index contributed by atoms with van der Waals surface area (Å²) in [7, 11) is 0. The summed E-state index contributed by atoms with van der Waals surface area (Å²) in [6.07, 6.45) is 8.46. The molecular weight excluding hydrogens is 202 g/mol. The Balaban J connectivity index is 1.82. The van der Waals surface area contributed by atoms with Crippen molar-refractivity contribution in [3.05, 3.63) is 11.7 Å². The Bertz CT molecular complexity index is 318. The highest BCUT2D eigenvalue weighted by molar-refractivity contribution is 4.92. The van der Waals surface area contributed by atoms with Crippen molar-refractivity contribution < 1.29 is 4.52 Å². The zero-order valence-corrected chi connectivity index (χ0v) is 9.98. The standard InChI is InChI=1S/C12H21N3O/c1-2-10(13)12-14-11(16-15-12)8-7-9-5-3-4-6-9/h9-10H,2-8,13H2,1H3. The molecule has 4 heteroatoms. The lowest BCUT2D eigenvalue weighted by molar-refractivity contribution is 0.355. The van der Waals surface area contributed by atoms with Crippen LogP contribution in [-0.4, -0.2) is 10.1 Å². The number of hydrogen-bond donors (Lipinski definition) is 1. The van der Waals surface area contributed by atoms with Gasteiger partial charge in [0.2, 0.25) is 5.89 Å². The third-order valence-electron chi connectivity index (χ3n) is 3.50. The molecule has 1 atom stereocenters. The van der Waals surface area contributed by atoms with Gasteiger partial charge in [-0.3, -0.25) is 0 Å². The van der Waals surface area contributed by atoms with Gasteiger partial charge in [-0.15, -0.1) is 0 Å². The normalized spacial score (nSPS) is 19.1. The number of aromatic nitrogens is 2. The number of aryl methyl sites for hydroxylation is 1. The first kappa shape index (κ1) is 11.6. The molecule has 1 unspecified atom stereocenters. The van der Waals surface area contributed by atoms with Gasteiger partial charge in [0.25, 0.3) is 0 Å². The molecule has 1 aliphatic carbocycles. The predicted molar refractivity (Wildman–Crippen MR) is 61.8 cm³/mol. The zero-order chi connectivity index (χ0) is 11.4. The Labute approximate surface area is 96.6 Å². The lowest BCUT2D eigenvalue weighted by atomic mass is 10.0. The van der Waals surface area contributed by atoms with E-state index in [1.807, 2.05) is 6.92 Å². The van der Waals surface area contributed by atoms with Crippen LogP contribution in [0.4, 0.5) is 0 Å². The van der Waals surface area contributed by atoms with Crippen LogP contribution in [0.3, 0.4) is 0 Å². The van der Waals surface area contributed by atoms with Gasteiger partial charge in [0, 0.05) is 6.42 Å². The number of hydrogen-bond acceptors (Lipinski definition) is 4. The highest BCUT2D eigenvalue weighted by Crippen LogP contribution is 2.28. The maximum absolute atomic E-state index is 5.84. The summed E-state index contributed by atoms with van der Waals surface area (Å²) in [5.74, 6) is 2.28. The SMILES string of the molecule is CCC(N)c1noc(CCC2CCCC2)n1. The van der Waals surface area contributed by atoms with Crippen molar-refractivity contribution in [3.63, 3.8) is 0 Å². The first-order valence-electron chi connectivity index (χ1n) is 6.37. The molecule has 0 aliphatic heterocycles. The van der Waals surface area contributed by atoms with Crippen LogP contribution in [0.5, 0.6) is 0 Å². The molecule has 16 heavy (non-hydrogen) atoms. The first-order chi connectivity index (χ1) is 7.79. The lowest BCUT2D eigenvalue weighted by Crippen LogP contribution is -2.10. The molecular formula is C12H21N3O. The molecule has 2 N–H and O–H groups in total. The highest BCUT2D eigenvalue weighted by atomic mass is 16.5. The van der Waals surface area contributed by atoms with Gasteiger partial charge in [-0.25, -0.2) is 0 Å². The van der Waals surface area contributed by atoms with Crippen LogP contribution in [-0.2, 0) is 6.42 Å². The summed E-state index contributed by atoms with van der Waals surface area (Å²) in [5, 5.41) is 3.92. The van der Waals surface area contributed by atoms with E-state index in [0.29, 0.717) is 5.82 Å². The molecule has 1 fully saturated rings. The Kier molecular flexibility index (Phi) is 3.93. The van der Waals surface area contributed by atoms with Crippen molar-refractivity contribution in [1.29, 1.82) is 0 Å². The first-order valence-corrected chi connectivity index (χ1v) is 6.37. The smallest absolute Gasteiger partial charge is 0.226 e. The molecule has 1 saturated carbocycles. The van der Waals surface area contributed by atoms with Crippen molar-refractivity contribution in [2.45, 2.75) is 57.9 Å². The summed E-state index contributed by atoms with van der Waals surface area (Å²) in [6.45, 7) is 2.03. The van der Waals surface area contributed by atoms with E-state index in [1.54, 1.807) is 0 Å². The van der Waals surface area contributed by atoms with Crippen molar-refractivity contribution in [3.8, 4) is 0 Å². The number of nitrogens with zero attached hydrogens (tertiary/aromatic N) is 2. The second-order valence-corrected chi connectivity index (χ2v) is 4.75. The van der Waals surface area contributed by atoms with Gasteiger partial charge in [-0.2, -0.15) is 4.98 Å². The van der Waals surface area contributed by atoms with E-state index in [0.717, 1.165) is 24.7 Å². The molecule has 4 nitrogen and oxygen atoms in total. The fourth-order valence-electron chi connectivity index (χ4n) is 2.33. The average Bonchev–Trinajstić information content (AvgIpc) is 2.96. The van der Waals surface area contributed by atoms with Crippen LogP contribution in [0.2, 0.25) is 0 Å². The van der Waals surface area contributed by atoms with Gasteiger partial charge in [-0.1, -0.05) is 37.8 Å². The maximum Gasteiger partial charge on any atom is 0.226 e. The van der Waals surface area contributed by atoms with Gasteiger partial charge in [0.1, 0.15) is 0 Å². The lowest BCUT2D eigenvalue weighted by Gasteiger charge is -2.04. The van der Waals surface area contributed by atoms with Crippen molar-refractivity contribution >= 4 is 0 Å². The van der Waals surface area contributed by atoms with E-state index < -0.39 is 0 Å². The van der Waals surface area contributed by atoms with Crippen LogP contribution in [0.1, 0.15) is 63.2 Å². The molecule has 0 amide bonds. The van der Waals surface area contributed by atoms with Crippen molar-refractivity contribution in [2.75, 3.05) is 0 Å². The molecule has 0 aromatic carbocycles. The molecule has 2 rings (SSSR count). The van der Waals surface area contributed by atoms with E-state index in [1.165, 1.54) is 32.1 Å². The van der Waals surface area contributed by atoms with Crippen molar-refractivity contribution in [2.24, 2.45) is 11.7 Å². The maximum atomic E-state index is 5.84. The van der Waals surface area contributed by atoms with E-state index >= 15 is 0 Å². The van der Waals surface area contributed by atoms with E-state index in [9.17, 15) is 0 Å². The van der Waals surface area contributed by atoms with Crippen LogP contribution in [0.25, 0.3) is 0 Å². The summed E-state index contributed by atoms with van der Waals surface area (Å²) in [4.78, 5) is 4.34. The topological polar surface area (TPSA) is 64.9 Å². The molecule has 90 valence electrons. The van der Waals surface area contributed by atoms with E-state index in [4.69, 9.17) is 10.3 Å². The Morgan fingerprint density at radius 3 is 2.88 bits per heavy atom. The van der Waals surface area contributed by atoms with Gasteiger partial charge >= 0.3 is 0 Å². The van der Waals surface area contributed by atoms with Gasteiger partial charge in [-0.05, 0) is 18.8 Å². The largest absolute Gasteiger partial charge is 0.339 e. The Morgan fingerprint density at radius 2 is 2.19 bits per heavy atom. The van der Waals surface area contributed by atoms with Crippen molar-refractivity contribution in [1.82, 2.24) is 10.1 Å². The molecule has 1 aromatic rings. The summed E-state index contributed by atoms with van der Waals surface area (Å²) >= 11 is 0. The quantitative estimate of drug-likeness (QED) is 0.833. The molecule has 1 heterocycles. The predicted octanol–water partition coefficient (Wildman–Crippen LogP) is 2.60. The van der Waals surface area contributed by atoms with E-state index in [-0.39, 0.29) is 6.04 Å². The molecule has 0 bridgehead atoms. The summed E-state index contributed by atoms with van der Waals surface area (Å²) in [5.41, 5.74) is 5.84. The van der Waals surface area contributed by atoms with Crippen LogP contribution in [0, 0.1) is 5.92 Å². The Hall–Kier alpha value is -0.900. The summed E-state index contributed by atoms with van der Waals surface area (Å²) < 4.78 is 5.21. The van der Waals surface area contributed by atoms with Crippen LogP contribution < -0.4 is 5.73 Å². The molecule has 1 aliphatic rings. The second-order valence-electron chi connectivity index (χ2n) is 4.75. The van der Waals surface area contributed by atoms with Gasteiger partial charge in [0.05, 0.1) is 6.04 Å². The monoisotopic (exact) mass is 223 g/mol. The minimum atomic E-state index is -0.0796. The fourth-order valence-corrected chi connectivity index (χ4v) is 2.33. The fraction of sp³-hybridized carbons (Fsp3) is 0.833. The third kappa shape index (κ3) is 2.82. The molecule has 0 radical (unpaired) electrons. The average molecular weight is 223 g/mol. The molecule has 0 saturated heterocycles. The van der Waals surface area contributed by atoms with Crippen LogP contribution in [0.15, 0.2) is 4.52 Å². The Morgan fingerprint density at radius 1 is 1.44 bits per heavy atom. The number of nitrogens with two attached hydrogens (primary N) is 1. The zero-order valence-electron chi connectivity index (χ0n) is 9.98. The van der Waals surface area contributed by atoms with Crippen LogP contribution >= 0.6 is 0 Å². The minimum Gasteiger partial charge on any atom is -0.339 e. The number of rotatable bonds is 5. The van der Waals surface area contributed by atoms with E-state index in [2.05, 4.69) is 10.1 Å². The van der Waals surface area contributed by atoms with Gasteiger partial charge < -0.3 is 10.3 Å². The second kappa shape index (κ2) is 5.43. The minimum absolute atomic E-state index is 0.0796.